The van der Waals surface area contributed by atoms with E-state index in [0.29, 0.717) is 11.5 Å². The summed E-state index contributed by atoms with van der Waals surface area (Å²) in [6.45, 7) is 7.66. The normalized spacial score (nSPS) is 24.5. The molecule has 1 aliphatic rings. The zero-order chi connectivity index (χ0) is 12.3. The number of furan rings is 1. The second kappa shape index (κ2) is 5.26. The summed E-state index contributed by atoms with van der Waals surface area (Å²) in [5, 5.41) is 3.64. The molecule has 2 rings (SSSR count). The number of hydrogen-bond acceptors (Lipinski definition) is 2. The Labute approximate surface area is 105 Å². The van der Waals surface area contributed by atoms with Gasteiger partial charge in [-0.15, -0.1) is 0 Å². The van der Waals surface area contributed by atoms with Crippen molar-refractivity contribution >= 4 is 0 Å². The molecule has 17 heavy (non-hydrogen) atoms. The van der Waals surface area contributed by atoms with Gasteiger partial charge in [0.05, 0.1) is 6.54 Å². The lowest BCUT2D eigenvalue weighted by Gasteiger charge is -2.22. The minimum Gasteiger partial charge on any atom is -0.465 e. The molecular formula is C15H25NO. The van der Waals surface area contributed by atoms with Crippen LogP contribution in [0.5, 0.6) is 0 Å². The summed E-state index contributed by atoms with van der Waals surface area (Å²) >= 11 is 0. The Morgan fingerprint density at radius 3 is 2.82 bits per heavy atom. The Morgan fingerprint density at radius 2 is 2.12 bits per heavy atom. The van der Waals surface area contributed by atoms with Crippen LogP contribution >= 0.6 is 0 Å². The number of nitrogens with one attached hydrogen (secondary N) is 1. The van der Waals surface area contributed by atoms with Crippen LogP contribution in [0, 0.1) is 12.3 Å². The molecule has 96 valence electrons. The maximum atomic E-state index is 5.58. The molecule has 0 bridgehead atoms. The first-order valence-corrected chi connectivity index (χ1v) is 6.84. The number of rotatable bonds is 3. The lowest BCUT2D eigenvalue weighted by molar-refractivity contribution is 0.309. The van der Waals surface area contributed by atoms with Crippen LogP contribution in [0.2, 0.25) is 0 Å². The van der Waals surface area contributed by atoms with E-state index in [0.717, 1.165) is 18.1 Å². The first-order valence-electron chi connectivity index (χ1n) is 6.84. The third kappa shape index (κ3) is 3.88. The van der Waals surface area contributed by atoms with Crippen LogP contribution in [0.4, 0.5) is 0 Å². The summed E-state index contributed by atoms with van der Waals surface area (Å²) in [5.41, 5.74) is 0.539. The van der Waals surface area contributed by atoms with Crippen LogP contribution < -0.4 is 5.32 Å². The van der Waals surface area contributed by atoms with Gasteiger partial charge in [-0.1, -0.05) is 20.3 Å². The van der Waals surface area contributed by atoms with Crippen LogP contribution in [0.25, 0.3) is 0 Å². The molecule has 1 aromatic rings. The van der Waals surface area contributed by atoms with E-state index in [9.17, 15) is 0 Å². The van der Waals surface area contributed by atoms with Gasteiger partial charge in [0.25, 0.3) is 0 Å². The van der Waals surface area contributed by atoms with Crippen molar-refractivity contribution < 1.29 is 4.42 Å². The molecule has 2 heteroatoms. The van der Waals surface area contributed by atoms with E-state index in [1.165, 1.54) is 32.1 Å². The van der Waals surface area contributed by atoms with Gasteiger partial charge in [0.1, 0.15) is 11.5 Å². The molecule has 0 saturated heterocycles. The van der Waals surface area contributed by atoms with Gasteiger partial charge in [0.15, 0.2) is 0 Å². The third-order valence-corrected chi connectivity index (χ3v) is 3.94. The average molecular weight is 235 g/mol. The summed E-state index contributed by atoms with van der Waals surface area (Å²) in [5.74, 6) is 2.06. The fraction of sp³-hybridized carbons (Fsp3) is 0.733. The monoisotopic (exact) mass is 235 g/mol. The maximum Gasteiger partial charge on any atom is 0.117 e. The molecule has 0 radical (unpaired) electrons. The minimum absolute atomic E-state index is 0.539. The van der Waals surface area contributed by atoms with E-state index in [4.69, 9.17) is 4.42 Å². The van der Waals surface area contributed by atoms with Gasteiger partial charge in [-0.2, -0.15) is 0 Å². The van der Waals surface area contributed by atoms with Gasteiger partial charge >= 0.3 is 0 Å². The first kappa shape index (κ1) is 12.7. The molecule has 1 unspecified atom stereocenters. The Balaban J connectivity index is 1.79. The van der Waals surface area contributed by atoms with Crippen LogP contribution in [0.3, 0.4) is 0 Å². The molecule has 1 atom stereocenters. The van der Waals surface area contributed by atoms with Gasteiger partial charge < -0.3 is 9.73 Å². The highest BCUT2D eigenvalue weighted by Gasteiger charge is 2.23. The van der Waals surface area contributed by atoms with Gasteiger partial charge in [-0.3, -0.25) is 0 Å². The molecule has 2 nitrogen and oxygen atoms in total. The van der Waals surface area contributed by atoms with Crippen LogP contribution in [0.15, 0.2) is 16.5 Å². The van der Waals surface area contributed by atoms with E-state index in [2.05, 4.69) is 25.2 Å². The average Bonchev–Trinajstić information content (AvgIpc) is 2.59. The third-order valence-electron chi connectivity index (χ3n) is 3.94. The molecule has 1 aliphatic carbocycles. The summed E-state index contributed by atoms with van der Waals surface area (Å²) in [6.07, 6.45) is 6.66. The lowest BCUT2D eigenvalue weighted by Crippen LogP contribution is -2.28. The van der Waals surface area contributed by atoms with Crippen molar-refractivity contribution in [2.45, 2.75) is 65.5 Å². The smallest absolute Gasteiger partial charge is 0.117 e. The van der Waals surface area contributed by atoms with Crippen molar-refractivity contribution in [2.75, 3.05) is 0 Å². The zero-order valence-electron chi connectivity index (χ0n) is 11.4. The highest BCUT2D eigenvalue weighted by Crippen LogP contribution is 2.33. The van der Waals surface area contributed by atoms with Gasteiger partial charge in [0, 0.05) is 6.04 Å². The first-order chi connectivity index (χ1) is 8.05. The Bertz CT molecular complexity index is 354. The van der Waals surface area contributed by atoms with Crippen molar-refractivity contribution in [3.63, 3.8) is 0 Å². The molecule has 1 saturated carbocycles. The predicted octanol–water partition coefficient (Wildman–Crippen LogP) is 4.04. The molecule has 0 amide bonds. The fourth-order valence-electron chi connectivity index (χ4n) is 2.69. The van der Waals surface area contributed by atoms with E-state index in [1.54, 1.807) is 0 Å². The zero-order valence-corrected chi connectivity index (χ0v) is 11.4. The molecule has 0 aromatic carbocycles. The summed E-state index contributed by atoms with van der Waals surface area (Å²) in [7, 11) is 0. The van der Waals surface area contributed by atoms with Crippen LogP contribution in [-0.2, 0) is 6.54 Å². The van der Waals surface area contributed by atoms with Crippen LogP contribution in [-0.4, -0.2) is 6.04 Å². The highest BCUT2D eigenvalue weighted by molar-refractivity contribution is 5.05. The second-order valence-corrected chi connectivity index (χ2v) is 6.19. The minimum atomic E-state index is 0.539. The van der Waals surface area contributed by atoms with Crippen molar-refractivity contribution in [3.05, 3.63) is 23.7 Å². The van der Waals surface area contributed by atoms with Gasteiger partial charge in [-0.05, 0) is 50.2 Å². The Kier molecular flexibility index (Phi) is 3.93. The van der Waals surface area contributed by atoms with Crippen molar-refractivity contribution in [1.82, 2.24) is 5.32 Å². The molecule has 0 spiro atoms. The SMILES string of the molecule is Cc1ccc(CNC2CCCC(C)(C)CC2)o1. The van der Waals surface area contributed by atoms with Crippen molar-refractivity contribution in [1.29, 1.82) is 0 Å². The van der Waals surface area contributed by atoms with E-state index in [-0.39, 0.29) is 0 Å². The quantitative estimate of drug-likeness (QED) is 0.800. The molecule has 1 fully saturated rings. The number of hydrogen-bond donors (Lipinski definition) is 1. The molecule has 0 aliphatic heterocycles. The van der Waals surface area contributed by atoms with E-state index < -0.39 is 0 Å². The molecule has 1 aromatic heterocycles. The Morgan fingerprint density at radius 1 is 1.29 bits per heavy atom. The topological polar surface area (TPSA) is 25.2 Å². The van der Waals surface area contributed by atoms with Crippen molar-refractivity contribution in [3.8, 4) is 0 Å². The largest absolute Gasteiger partial charge is 0.465 e. The highest BCUT2D eigenvalue weighted by atomic mass is 16.3. The molecule has 1 heterocycles. The Hall–Kier alpha value is -0.760. The van der Waals surface area contributed by atoms with Gasteiger partial charge in [0.2, 0.25) is 0 Å². The lowest BCUT2D eigenvalue weighted by atomic mass is 9.85. The van der Waals surface area contributed by atoms with Gasteiger partial charge in [-0.25, -0.2) is 0 Å². The summed E-state index contributed by atoms with van der Waals surface area (Å²) in [4.78, 5) is 0. The molecular weight excluding hydrogens is 210 g/mol. The summed E-state index contributed by atoms with van der Waals surface area (Å²) in [6, 6.07) is 4.78. The standard InChI is InChI=1S/C15H25NO/c1-12-6-7-14(17-12)11-16-13-5-4-9-15(2,3)10-8-13/h6-7,13,16H,4-5,8-11H2,1-3H3. The van der Waals surface area contributed by atoms with E-state index >= 15 is 0 Å². The van der Waals surface area contributed by atoms with Crippen LogP contribution in [0.1, 0.15) is 57.5 Å². The molecule has 1 N–H and O–H groups in total. The number of aryl methyl sites for hydroxylation is 1. The predicted molar refractivity (Wildman–Crippen MR) is 70.9 cm³/mol. The second-order valence-electron chi connectivity index (χ2n) is 6.19. The fourth-order valence-corrected chi connectivity index (χ4v) is 2.69. The van der Waals surface area contributed by atoms with Crippen molar-refractivity contribution in [2.24, 2.45) is 5.41 Å². The maximum absolute atomic E-state index is 5.58. The van der Waals surface area contributed by atoms with E-state index in [1.807, 2.05) is 13.0 Å². The summed E-state index contributed by atoms with van der Waals surface area (Å²) < 4.78 is 5.58.